The minimum Gasteiger partial charge on any atom is -0.494 e. The molecule has 0 radical (unpaired) electrons. The number of amides is 1. The number of hydrogen-bond donors (Lipinski definition) is 2. The zero-order valence-corrected chi connectivity index (χ0v) is 15.0. The lowest BCUT2D eigenvalue weighted by Crippen LogP contribution is -2.51. The largest absolute Gasteiger partial charge is 0.494 e. The van der Waals surface area contributed by atoms with E-state index in [1.807, 2.05) is 18.2 Å². The summed E-state index contributed by atoms with van der Waals surface area (Å²) in [6.45, 7) is 5.92. The van der Waals surface area contributed by atoms with Crippen LogP contribution in [0.2, 0.25) is 0 Å². The molecule has 1 fully saturated rings. The highest BCUT2D eigenvalue weighted by atomic mass is 35.5. The topological polar surface area (TPSA) is 50.4 Å². The molecular formula is C18H29ClN2O2. The minimum atomic E-state index is 0. The molecule has 130 valence electrons. The van der Waals surface area contributed by atoms with Crippen molar-refractivity contribution in [1.82, 2.24) is 10.6 Å². The smallest absolute Gasteiger partial charge is 0.220 e. The lowest BCUT2D eigenvalue weighted by molar-refractivity contribution is -0.122. The fraction of sp³-hybridized carbons (Fsp3) is 0.611. The number of halogens is 1. The van der Waals surface area contributed by atoms with Gasteiger partial charge >= 0.3 is 0 Å². The lowest BCUT2D eigenvalue weighted by Gasteiger charge is -2.30. The Morgan fingerprint density at radius 2 is 2.22 bits per heavy atom. The minimum absolute atomic E-state index is 0. The molecule has 2 atom stereocenters. The maximum atomic E-state index is 12.0. The molecule has 1 aliphatic heterocycles. The second-order valence-corrected chi connectivity index (χ2v) is 6.18. The van der Waals surface area contributed by atoms with E-state index in [-0.39, 0.29) is 24.4 Å². The maximum absolute atomic E-state index is 12.0. The average molecular weight is 341 g/mol. The van der Waals surface area contributed by atoms with E-state index in [0.29, 0.717) is 19.1 Å². The molecule has 5 heteroatoms. The first kappa shape index (κ1) is 19.8. The molecule has 23 heavy (non-hydrogen) atoms. The van der Waals surface area contributed by atoms with Crippen LogP contribution in [0.3, 0.4) is 0 Å². The van der Waals surface area contributed by atoms with Crippen LogP contribution in [0.4, 0.5) is 0 Å². The van der Waals surface area contributed by atoms with E-state index < -0.39 is 0 Å². The molecule has 1 aromatic rings. The number of unbranched alkanes of at least 4 members (excludes halogenated alkanes) is 1. The number of ether oxygens (including phenoxy) is 1. The summed E-state index contributed by atoms with van der Waals surface area (Å²) in [7, 11) is 0. The Bertz CT molecular complexity index is 482. The van der Waals surface area contributed by atoms with E-state index in [4.69, 9.17) is 4.74 Å². The van der Waals surface area contributed by atoms with E-state index in [2.05, 4.69) is 30.5 Å². The summed E-state index contributed by atoms with van der Waals surface area (Å²) in [5, 5.41) is 6.54. The van der Waals surface area contributed by atoms with Crippen molar-refractivity contribution in [3.05, 3.63) is 29.8 Å². The number of rotatable bonds is 7. The Morgan fingerprint density at radius 3 is 2.96 bits per heavy atom. The molecule has 2 rings (SSSR count). The fourth-order valence-electron chi connectivity index (χ4n) is 2.80. The molecule has 1 heterocycles. The Hall–Kier alpha value is -1.26. The van der Waals surface area contributed by atoms with Gasteiger partial charge in [-0.15, -0.1) is 12.4 Å². The van der Waals surface area contributed by atoms with E-state index in [0.717, 1.165) is 38.0 Å². The van der Waals surface area contributed by atoms with Gasteiger partial charge in [-0.25, -0.2) is 0 Å². The molecule has 0 saturated carbocycles. The third-order valence-corrected chi connectivity index (χ3v) is 4.16. The van der Waals surface area contributed by atoms with Gasteiger partial charge in [0.1, 0.15) is 5.75 Å². The van der Waals surface area contributed by atoms with Crippen molar-refractivity contribution >= 4 is 18.3 Å². The van der Waals surface area contributed by atoms with Gasteiger partial charge in [-0.3, -0.25) is 4.79 Å². The van der Waals surface area contributed by atoms with Crippen molar-refractivity contribution in [2.24, 2.45) is 0 Å². The summed E-state index contributed by atoms with van der Waals surface area (Å²) in [4.78, 5) is 12.0. The van der Waals surface area contributed by atoms with Gasteiger partial charge in [-0.2, -0.15) is 0 Å². The molecular weight excluding hydrogens is 312 g/mol. The van der Waals surface area contributed by atoms with Crippen LogP contribution in [-0.2, 0) is 4.79 Å². The predicted octanol–water partition coefficient (Wildman–Crippen LogP) is 3.22. The van der Waals surface area contributed by atoms with E-state index in [1.54, 1.807) is 0 Å². The van der Waals surface area contributed by atoms with Crippen LogP contribution in [0.1, 0.15) is 44.6 Å². The van der Waals surface area contributed by atoms with Crippen LogP contribution in [-0.4, -0.2) is 31.1 Å². The number of aryl methyl sites for hydroxylation is 1. The second-order valence-electron chi connectivity index (χ2n) is 6.18. The maximum Gasteiger partial charge on any atom is 0.220 e. The molecule has 0 aliphatic carbocycles. The van der Waals surface area contributed by atoms with Gasteiger partial charge in [-0.05, 0) is 63.8 Å². The highest BCUT2D eigenvalue weighted by Crippen LogP contribution is 2.13. The zero-order valence-electron chi connectivity index (χ0n) is 14.1. The lowest BCUT2D eigenvalue weighted by atomic mass is 9.99. The number of hydrogen-bond acceptors (Lipinski definition) is 3. The van der Waals surface area contributed by atoms with Crippen molar-refractivity contribution in [1.29, 1.82) is 0 Å². The number of carbonyl (C=O) groups excluding carboxylic acids is 1. The SMILES string of the molecule is Cc1cccc(OCCCCC(=O)NC2CCCNC2C)c1.Cl. The van der Waals surface area contributed by atoms with Gasteiger partial charge in [-0.1, -0.05) is 12.1 Å². The van der Waals surface area contributed by atoms with Crippen LogP contribution < -0.4 is 15.4 Å². The zero-order chi connectivity index (χ0) is 15.8. The molecule has 4 nitrogen and oxygen atoms in total. The number of piperidine rings is 1. The van der Waals surface area contributed by atoms with Gasteiger partial charge in [0.25, 0.3) is 0 Å². The average Bonchev–Trinajstić information content (AvgIpc) is 2.49. The molecule has 1 saturated heterocycles. The number of benzene rings is 1. The van der Waals surface area contributed by atoms with Crippen molar-refractivity contribution < 1.29 is 9.53 Å². The Labute approximate surface area is 145 Å². The van der Waals surface area contributed by atoms with Crippen LogP contribution >= 0.6 is 12.4 Å². The van der Waals surface area contributed by atoms with Crippen LogP contribution in [0, 0.1) is 6.92 Å². The quantitative estimate of drug-likeness (QED) is 0.749. The van der Waals surface area contributed by atoms with Crippen molar-refractivity contribution in [3.63, 3.8) is 0 Å². The van der Waals surface area contributed by atoms with Crippen LogP contribution in [0.15, 0.2) is 24.3 Å². The summed E-state index contributed by atoms with van der Waals surface area (Å²) < 4.78 is 5.69. The predicted molar refractivity (Wildman–Crippen MR) is 96.4 cm³/mol. The third kappa shape index (κ3) is 7.23. The first-order valence-electron chi connectivity index (χ1n) is 8.37. The van der Waals surface area contributed by atoms with Crippen molar-refractivity contribution in [3.8, 4) is 5.75 Å². The van der Waals surface area contributed by atoms with Gasteiger partial charge in [0.2, 0.25) is 5.91 Å². The van der Waals surface area contributed by atoms with E-state index in [9.17, 15) is 4.79 Å². The summed E-state index contributed by atoms with van der Waals surface area (Å²) in [6.07, 6.45) is 4.57. The van der Waals surface area contributed by atoms with Crippen LogP contribution in [0.25, 0.3) is 0 Å². The highest BCUT2D eigenvalue weighted by molar-refractivity contribution is 5.85. The Balaban J connectivity index is 0.00000264. The first-order chi connectivity index (χ1) is 10.6. The van der Waals surface area contributed by atoms with Crippen molar-refractivity contribution in [2.45, 2.75) is 58.0 Å². The van der Waals surface area contributed by atoms with Gasteiger partial charge in [0.15, 0.2) is 0 Å². The fourth-order valence-corrected chi connectivity index (χ4v) is 2.80. The van der Waals surface area contributed by atoms with Gasteiger partial charge < -0.3 is 15.4 Å². The van der Waals surface area contributed by atoms with Gasteiger partial charge in [0.05, 0.1) is 6.61 Å². The molecule has 2 N–H and O–H groups in total. The van der Waals surface area contributed by atoms with E-state index >= 15 is 0 Å². The normalized spacial score (nSPS) is 20.4. The molecule has 1 aromatic carbocycles. The number of nitrogens with one attached hydrogen (secondary N) is 2. The monoisotopic (exact) mass is 340 g/mol. The molecule has 0 aromatic heterocycles. The summed E-state index contributed by atoms with van der Waals surface area (Å²) in [5.41, 5.74) is 1.20. The molecule has 0 spiro atoms. The van der Waals surface area contributed by atoms with Crippen molar-refractivity contribution in [2.75, 3.05) is 13.2 Å². The Morgan fingerprint density at radius 1 is 1.39 bits per heavy atom. The third-order valence-electron chi connectivity index (χ3n) is 4.16. The summed E-state index contributed by atoms with van der Waals surface area (Å²) >= 11 is 0. The molecule has 1 amide bonds. The second kappa shape index (κ2) is 10.5. The van der Waals surface area contributed by atoms with Gasteiger partial charge in [0, 0.05) is 18.5 Å². The molecule has 0 bridgehead atoms. The van der Waals surface area contributed by atoms with E-state index in [1.165, 1.54) is 5.56 Å². The molecule has 1 aliphatic rings. The standard InChI is InChI=1S/C18H28N2O2.ClH/c1-14-7-5-8-16(13-14)22-12-4-3-10-18(21)20-17-9-6-11-19-15(17)2;/h5,7-8,13,15,17,19H,3-4,6,9-12H2,1-2H3,(H,20,21);1H. The summed E-state index contributed by atoms with van der Waals surface area (Å²) in [6, 6.07) is 8.71. The molecule has 2 unspecified atom stereocenters. The van der Waals surface area contributed by atoms with Crippen LogP contribution in [0.5, 0.6) is 5.75 Å². The highest BCUT2D eigenvalue weighted by Gasteiger charge is 2.21. The number of carbonyl (C=O) groups is 1. The first-order valence-corrected chi connectivity index (χ1v) is 8.37. The summed E-state index contributed by atoms with van der Waals surface area (Å²) in [5.74, 6) is 1.07. The Kier molecular flexibility index (Phi) is 9.03.